The number of aliphatic imine (C=N–C) groups is 2. The highest BCUT2D eigenvalue weighted by atomic mass is 19.1. The topological polar surface area (TPSA) is 134 Å². The number of rotatable bonds is 9. The Morgan fingerprint density at radius 3 is 2.55 bits per heavy atom. The van der Waals surface area contributed by atoms with Crippen molar-refractivity contribution in [2.75, 3.05) is 62.7 Å². The molecule has 0 spiro atoms. The number of nitriles is 1. The van der Waals surface area contributed by atoms with E-state index in [1.807, 2.05) is 32.0 Å². The smallest absolute Gasteiger partial charge is 0.272 e. The summed E-state index contributed by atoms with van der Waals surface area (Å²) in [6.07, 6.45) is 2.05. The van der Waals surface area contributed by atoms with E-state index in [1.54, 1.807) is 31.5 Å². The zero-order valence-corrected chi connectivity index (χ0v) is 29.7. The largest absolute Gasteiger partial charge is 0.486 e. The summed E-state index contributed by atoms with van der Waals surface area (Å²) in [6, 6.07) is 16.3. The highest BCUT2D eigenvalue weighted by Crippen LogP contribution is 2.31. The predicted octanol–water partition coefficient (Wildman–Crippen LogP) is 5.44. The number of nitrogens with one attached hydrogen (secondary N) is 2. The van der Waals surface area contributed by atoms with Crippen LogP contribution < -0.4 is 15.0 Å². The maximum Gasteiger partial charge on any atom is 0.272 e. The maximum absolute atomic E-state index is 15.4. The number of ether oxygens (including phenoxy) is 2. The van der Waals surface area contributed by atoms with E-state index in [-0.39, 0.29) is 24.4 Å². The van der Waals surface area contributed by atoms with E-state index in [0.717, 1.165) is 62.6 Å². The van der Waals surface area contributed by atoms with Gasteiger partial charge in [-0.3, -0.25) is 14.8 Å². The van der Waals surface area contributed by atoms with Crippen LogP contribution in [0.15, 0.2) is 64.2 Å². The third-order valence-corrected chi connectivity index (χ3v) is 9.81. The van der Waals surface area contributed by atoms with Crippen LogP contribution in [0, 0.1) is 18.3 Å². The van der Waals surface area contributed by atoms with Gasteiger partial charge in [-0.05, 0) is 80.8 Å². The van der Waals surface area contributed by atoms with Gasteiger partial charge in [-0.1, -0.05) is 6.92 Å². The minimum atomic E-state index is -1.42. The quantitative estimate of drug-likeness (QED) is 0.223. The second-order valence-electron chi connectivity index (χ2n) is 13.2. The lowest BCUT2D eigenvalue weighted by atomic mass is 10.0. The molecule has 3 aliphatic heterocycles. The van der Waals surface area contributed by atoms with Crippen molar-refractivity contribution in [1.82, 2.24) is 20.0 Å². The zero-order valence-electron chi connectivity index (χ0n) is 29.7. The SMILES string of the molecule is C\C=N/C(=N\C(=C(\C)CC)c1ccc(OC2CCN(C(=O)c3[nH]ncc3C)CC2F)c(C#N)c1)Nc1ccc(N2CCN(C3COC3)CC2)cc1. The van der Waals surface area contributed by atoms with Crippen LogP contribution in [0.1, 0.15) is 60.8 Å². The first-order valence-electron chi connectivity index (χ1n) is 17.6. The van der Waals surface area contributed by atoms with Crippen molar-refractivity contribution in [3.05, 3.63) is 76.6 Å². The molecule has 3 fully saturated rings. The molecule has 6 rings (SSSR count). The Balaban J connectivity index is 1.13. The summed E-state index contributed by atoms with van der Waals surface area (Å²) >= 11 is 0. The Bertz CT molecular complexity index is 1820. The lowest BCUT2D eigenvalue weighted by molar-refractivity contribution is -0.0660. The number of carbonyl (C=O) groups is 1. The normalized spacial score (nSPS) is 20.9. The lowest BCUT2D eigenvalue weighted by Crippen LogP contribution is -2.56. The highest BCUT2D eigenvalue weighted by Gasteiger charge is 2.35. The number of guanidine groups is 1. The van der Waals surface area contributed by atoms with E-state index >= 15 is 4.39 Å². The van der Waals surface area contributed by atoms with Crippen LogP contribution in [0.25, 0.3) is 5.70 Å². The number of alkyl halides is 1. The minimum Gasteiger partial charge on any atom is -0.486 e. The Labute approximate surface area is 298 Å². The van der Waals surface area contributed by atoms with Crippen LogP contribution in [0.5, 0.6) is 5.75 Å². The molecule has 0 aliphatic carbocycles. The number of benzene rings is 2. The van der Waals surface area contributed by atoms with E-state index in [9.17, 15) is 10.1 Å². The first-order valence-corrected chi connectivity index (χ1v) is 17.6. The van der Waals surface area contributed by atoms with Crippen molar-refractivity contribution in [1.29, 1.82) is 5.26 Å². The third-order valence-electron chi connectivity index (χ3n) is 9.81. The number of nitrogens with zero attached hydrogens (tertiary/aromatic N) is 7. The van der Waals surface area contributed by atoms with Crippen molar-refractivity contribution in [3.8, 4) is 11.8 Å². The first kappa shape index (κ1) is 35.8. The predicted molar refractivity (Wildman–Crippen MR) is 197 cm³/mol. The number of piperazine rings is 1. The second-order valence-corrected chi connectivity index (χ2v) is 13.2. The summed E-state index contributed by atoms with van der Waals surface area (Å²) in [7, 11) is 0. The molecular weight excluding hydrogens is 649 g/mol. The standard InChI is InChI=1S/C38H46FN9O3/c1-5-25(3)35(44-38(41-6-2)43-29-8-10-30(11-9-29)46-15-17-47(18-16-46)31-23-50-24-31)27-7-12-33(28(19-27)20-40)51-34-13-14-48(22-32(34)39)37(49)36-26(4)21-42-45-36/h6-12,19,21,31-32,34H,5,13-18,22-24H2,1-4H3,(H,42,45)(H,43,44)/b35-25-,41-6-. The number of anilines is 2. The summed E-state index contributed by atoms with van der Waals surface area (Å²) in [6.45, 7) is 13.6. The first-order chi connectivity index (χ1) is 24.8. The average Bonchev–Trinajstić information content (AvgIpc) is 3.56. The van der Waals surface area contributed by atoms with Crippen LogP contribution in [0.2, 0.25) is 0 Å². The highest BCUT2D eigenvalue weighted by molar-refractivity contribution is 6.01. The average molecular weight is 696 g/mol. The summed E-state index contributed by atoms with van der Waals surface area (Å²) in [5, 5.41) is 20.1. The lowest BCUT2D eigenvalue weighted by Gasteiger charge is -2.43. The molecule has 51 heavy (non-hydrogen) atoms. The molecule has 3 saturated heterocycles. The third kappa shape index (κ3) is 8.30. The number of allylic oxidation sites excluding steroid dienone is 1. The molecule has 4 heterocycles. The molecule has 2 aromatic carbocycles. The second kappa shape index (κ2) is 16.3. The van der Waals surface area contributed by atoms with Gasteiger partial charge in [-0.2, -0.15) is 10.4 Å². The van der Waals surface area contributed by atoms with Crippen molar-refractivity contribution in [2.24, 2.45) is 9.98 Å². The van der Waals surface area contributed by atoms with E-state index in [2.05, 4.69) is 55.4 Å². The molecule has 3 aromatic rings. The molecule has 3 aliphatic rings. The molecule has 1 amide bonds. The number of halogens is 1. The van der Waals surface area contributed by atoms with Gasteiger partial charge in [0.15, 0.2) is 6.17 Å². The summed E-state index contributed by atoms with van der Waals surface area (Å²) < 4.78 is 26.8. The van der Waals surface area contributed by atoms with Crippen molar-refractivity contribution < 1.29 is 18.7 Å². The molecule has 1 aromatic heterocycles. The van der Waals surface area contributed by atoms with Gasteiger partial charge in [0.2, 0.25) is 5.96 Å². The van der Waals surface area contributed by atoms with E-state index in [0.29, 0.717) is 41.3 Å². The zero-order chi connectivity index (χ0) is 35.9. The number of aromatic nitrogens is 2. The number of amides is 1. The summed E-state index contributed by atoms with van der Waals surface area (Å²) in [4.78, 5) is 28.7. The molecule has 0 radical (unpaired) electrons. The molecular formula is C38H46FN9O3. The summed E-state index contributed by atoms with van der Waals surface area (Å²) in [5.74, 6) is 0.413. The van der Waals surface area contributed by atoms with Gasteiger partial charge in [0.05, 0.1) is 43.3 Å². The monoisotopic (exact) mass is 695 g/mol. The Hall–Kier alpha value is -5.06. The molecule has 12 nitrogen and oxygen atoms in total. The molecule has 268 valence electrons. The van der Waals surface area contributed by atoms with Crippen LogP contribution in [0.4, 0.5) is 15.8 Å². The van der Waals surface area contributed by atoms with Gasteiger partial charge in [-0.25, -0.2) is 14.4 Å². The van der Waals surface area contributed by atoms with E-state index < -0.39 is 12.3 Å². The molecule has 2 unspecified atom stereocenters. The molecule has 2 atom stereocenters. The Morgan fingerprint density at radius 2 is 1.94 bits per heavy atom. The van der Waals surface area contributed by atoms with Gasteiger partial charge in [0, 0.05) is 62.3 Å². The summed E-state index contributed by atoms with van der Waals surface area (Å²) in [5.41, 5.74) is 5.79. The number of aryl methyl sites for hydroxylation is 1. The van der Waals surface area contributed by atoms with Gasteiger partial charge in [0.1, 0.15) is 23.6 Å². The number of hydrogen-bond acceptors (Lipinski definition) is 8. The maximum atomic E-state index is 15.4. The Morgan fingerprint density at radius 1 is 1.18 bits per heavy atom. The van der Waals surface area contributed by atoms with Gasteiger partial charge < -0.3 is 24.6 Å². The number of piperidine rings is 1. The minimum absolute atomic E-state index is 0.108. The van der Waals surface area contributed by atoms with Crippen LogP contribution in [-0.2, 0) is 4.74 Å². The molecule has 0 saturated carbocycles. The molecule has 2 N–H and O–H groups in total. The molecule has 13 heteroatoms. The number of carbonyl (C=O) groups excluding carboxylic acids is 1. The molecule has 0 bridgehead atoms. The fraction of sp³-hybridized carbons (Fsp3) is 0.447. The fourth-order valence-electron chi connectivity index (χ4n) is 6.51. The van der Waals surface area contributed by atoms with Gasteiger partial charge >= 0.3 is 0 Å². The van der Waals surface area contributed by atoms with Gasteiger partial charge in [-0.15, -0.1) is 0 Å². The Kier molecular flexibility index (Phi) is 11.4. The number of likely N-dealkylation sites (tertiary alicyclic amines) is 1. The van der Waals surface area contributed by atoms with E-state index in [1.165, 1.54) is 10.6 Å². The fourth-order valence-corrected chi connectivity index (χ4v) is 6.51. The van der Waals surface area contributed by atoms with Crippen molar-refractivity contribution in [2.45, 2.75) is 58.9 Å². The van der Waals surface area contributed by atoms with Crippen molar-refractivity contribution in [3.63, 3.8) is 0 Å². The van der Waals surface area contributed by atoms with Gasteiger partial charge in [0.25, 0.3) is 5.91 Å². The number of aromatic amines is 1. The number of H-pyrrole nitrogens is 1. The van der Waals surface area contributed by atoms with E-state index in [4.69, 9.17) is 14.5 Å². The number of hydrogen-bond donors (Lipinski definition) is 2. The van der Waals surface area contributed by atoms with Crippen LogP contribution >= 0.6 is 0 Å². The van der Waals surface area contributed by atoms with Crippen molar-refractivity contribution >= 4 is 35.2 Å². The van der Waals surface area contributed by atoms with Crippen LogP contribution in [-0.4, -0.2) is 109 Å². The van der Waals surface area contributed by atoms with Crippen LogP contribution in [0.3, 0.4) is 0 Å².